The lowest BCUT2D eigenvalue weighted by Gasteiger charge is -2.23. The lowest BCUT2D eigenvalue weighted by molar-refractivity contribution is -0.274. The van der Waals surface area contributed by atoms with Crippen LogP contribution in [0.5, 0.6) is 0 Å². The van der Waals surface area contributed by atoms with E-state index in [2.05, 4.69) is 15.9 Å². The predicted octanol–water partition coefficient (Wildman–Crippen LogP) is 4.04. The highest BCUT2D eigenvalue weighted by Gasteiger charge is 2.61. The minimum Gasteiger partial charge on any atom is -0.355 e. The van der Waals surface area contributed by atoms with Gasteiger partial charge in [-0.25, -0.2) is 0 Å². The molecule has 120 valence electrons. The van der Waals surface area contributed by atoms with Crippen molar-refractivity contribution in [3.8, 4) is 0 Å². The summed E-state index contributed by atoms with van der Waals surface area (Å²) in [6.45, 7) is 1.65. The zero-order chi connectivity index (χ0) is 16.0. The van der Waals surface area contributed by atoms with Gasteiger partial charge >= 0.3 is 12.4 Å². The molecule has 0 spiro atoms. The van der Waals surface area contributed by atoms with E-state index in [0.717, 1.165) is 6.42 Å². The van der Waals surface area contributed by atoms with Gasteiger partial charge in [-0.3, -0.25) is 4.79 Å². The zero-order valence-corrected chi connectivity index (χ0v) is 12.3. The standard InChI is InChI=1S/C11H16BrF6NO/c1-2-3-7(4-5-12)6-19-9(20)8(10(13,14)15)11(16,17)18/h7-8H,2-6H2,1H3,(H,19,20). The van der Waals surface area contributed by atoms with Gasteiger partial charge in [-0.05, 0) is 18.8 Å². The summed E-state index contributed by atoms with van der Waals surface area (Å²) in [5.74, 6) is -6.16. The maximum absolute atomic E-state index is 12.3. The molecule has 0 fully saturated rings. The van der Waals surface area contributed by atoms with Gasteiger partial charge in [0.2, 0.25) is 11.8 Å². The molecule has 0 saturated heterocycles. The van der Waals surface area contributed by atoms with Crippen LogP contribution in [0.15, 0.2) is 0 Å². The van der Waals surface area contributed by atoms with Gasteiger partial charge in [0.15, 0.2) is 0 Å². The molecule has 20 heavy (non-hydrogen) atoms. The number of carbonyl (C=O) groups is 1. The average Bonchev–Trinajstić information content (AvgIpc) is 2.22. The Morgan fingerprint density at radius 1 is 1.10 bits per heavy atom. The maximum atomic E-state index is 12.3. The van der Waals surface area contributed by atoms with Gasteiger partial charge in [0.25, 0.3) is 0 Å². The molecule has 0 aromatic heterocycles. The van der Waals surface area contributed by atoms with Gasteiger partial charge < -0.3 is 5.32 Å². The van der Waals surface area contributed by atoms with Crippen molar-refractivity contribution in [1.29, 1.82) is 0 Å². The van der Waals surface area contributed by atoms with E-state index in [-0.39, 0.29) is 12.5 Å². The summed E-state index contributed by atoms with van der Waals surface area (Å²) in [4.78, 5) is 11.2. The van der Waals surface area contributed by atoms with Crippen LogP contribution in [0.4, 0.5) is 26.3 Å². The largest absolute Gasteiger partial charge is 0.409 e. The second-order valence-electron chi connectivity index (χ2n) is 4.39. The van der Waals surface area contributed by atoms with Crippen molar-refractivity contribution in [2.75, 3.05) is 11.9 Å². The van der Waals surface area contributed by atoms with Gasteiger partial charge in [0.1, 0.15) is 0 Å². The molecule has 1 atom stereocenters. The van der Waals surface area contributed by atoms with Crippen molar-refractivity contribution in [1.82, 2.24) is 5.32 Å². The van der Waals surface area contributed by atoms with Crippen LogP contribution in [0, 0.1) is 11.8 Å². The third-order valence-electron chi connectivity index (χ3n) is 2.70. The number of rotatable bonds is 7. The molecule has 0 aromatic carbocycles. The van der Waals surface area contributed by atoms with E-state index in [1.807, 2.05) is 6.92 Å². The lowest BCUT2D eigenvalue weighted by atomic mass is 10.00. The van der Waals surface area contributed by atoms with Crippen molar-refractivity contribution in [2.45, 2.75) is 38.5 Å². The Bertz CT molecular complexity index is 284. The van der Waals surface area contributed by atoms with Crippen LogP contribution < -0.4 is 5.32 Å². The second kappa shape index (κ2) is 8.09. The van der Waals surface area contributed by atoms with E-state index in [1.165, 1.54) is 0 Å². The smallest absolute Gasteiger partial charge is 0.355 e. The molecule has 0 aliphatic heterocycles. The number of hydrogen-bond acceptors (Lipinski definition) is 1. The van der Waals surface area contributed by atoms with Crippen molar-refractivity contribution < 1.29 is 31.1 Å². The quantitative estimate of drug-likeness (QED) is 0.530. The van der Waals surface area contributed by atoms with Crippen molar-refractivity contribution in [3.63, 3.8) is 0 Å². The van der Waals surface area contributed by atoms with Gasteiger partial charge in [-0.1, -0.05) is 29.3 Å². The summed E-state index contributed by atoms with van der Waals surface area (Å²) in [6.07, 6.45) is -9.36. The summed E-state index contributed by atoms with van der Waals surface area (Å²) >= 11 is 3.15. The lowest BCUT2D eigenvalue weighted by Crippen LogP contribution is -2.48. The van der Waals surface area contributed by atoms with Crippen molar-refractivity contribution in [3.05, 3.63) is 0 Å². The Hall–Kier alpha value is -0.470. The number of halogens is 7. The third-order valence-corrected chi connectivity index (χ3v) is 3.15. The monoisotopic (exact) mass is 371 g/mol. The van der Waals surface area contributed by atoms with Gasteiger partial charge in [-0.15, -0.1) is 0 Å². The predicted molar refractivity (Wildman–Crippen MR) is 65.4 cm³/mol. The number of amides is 1. The SMILES string of the molecule is CCCC(CCBr)CNC(=O)C(C(F)(F)F)C(F)(F)F. The molecule has 0 radical (unpaired) electrons. The van der Waals surface area contributed by atoms with Gasteiger partial charge in [0, 0.05) is 11.9 Å². The Labute approximate surface area is 121 Å². The van der Waals surface area contributed by atoms with Crippen LogP contribution in [-0.2, 0) is 4.79 Å². The second-order valence-corrected chi connectivity index (χ2v) is 5.19. The summed E-state index contributed by atoms with van der Waals surface area (Å²) in [5, 5.41) is 2.33. The first-order valence-corrected chi connectivity index (χ1v) is 7.13. The molecule has 1 amide bonds. The number of alkyl halides is 7. The molecule has 0 saturated carbocycles. The summed E-state index contributed by atoms with van der Waals surface area (Å²) < 4.78 is 73.8. The topological polar surface area (TPSA) is 29.1 Å². The number of hydrogen-bond donors (Lipinski definition) is 1. The molecule has 9 heteroatoms. The Morgan fingerprint density at radius 3 is 1.95 bits per heavy atom. The summed E-state index contributed by atoms with van der Waals surface area (Å²) in [6, 6.07) is 0. The summed E-state index contributed by atoms with van der Waals surface area (Å²) in [5.41, 5.74) is 0. The van der Waals surface area contributed by atoms with E-state index in [0.29, 0.717) is 18.2 Å². The van der Waals surface area contributed by atoms with Crippen LogP contribution in [0.3, 0.4) is 0 Å². The highest BCUT2D eigenvalue weighted by Crippen LogP contribution is 2.39. The fourth-order valence-corrected chi connectivity index (χ4v) is 2.39. The fourth-order valence-electron chi connectivity index (χ4n) is 1.74. The Morgan fingerprint density at radius 2 is 1.60 bits per heavy atom. The molecule has 1 unspecified atom stereocenters. The molecule has 0 aliphatic rings. The van der Waals surface area contributed by atoms with Gasteiger partial charge in [-0.2, -0.15) is 26.3 Å². The highest BCUT2D eigenvalue weighted by molar-refractivity contribution is 9.09. The minimum atomic E-state index is -5.64. The molecule has 0 aliphatic carbocycles. The van der Waals surface area contributed by atoms with E-state index in [9.17, 15) is 31.1 Å². The van der Waals surface area contributed by atoms with Gasteiger partial charge in [0.05, 0.1) is 0 Å². The van der Waals surface area contributed by atoms with Crippen LogP contribution >= 0.6 is 15.9 Å². The van der Waals surface area contributed by atoms with Crippen LogP contribution in [0.2, 0.25) is 0 Å². The average molecular weight is 372 g/mol. The van der Waals surface area contributed by atoms with Crippen LogP contribution in [-0.4, -0.2) is 30.1 Å². The van der Waals surface area contributed by atoms with Crippen molar-refractivity contribution in [2.24, 2.45) is 11.8 Å². The van der Waals surface area contributed by atoms with Crippen LogP contribution in [0.25, 0.3) is 0 Å². The Kier molecular flexibility index (Phi) is 7.90. The maximum Gasteiger partial charge on any atom is 0.409 e. The van der Waals surface area contributed by atoms with E-state index in [1.54, 1.807) is 5.32 Å². The molecular formula is C11H16BrF6NO. The third kappa shape index (κ3) is 6.81. The molecule has 0 bridgehead atoms. The molecule has 1 N–H and O–H groups in total. The zero-order valence-electron chi connectivity index (χ0n) is 10.7. The molecule has 0 rings (SSSR count). The number of carbonyl (C=O) groups excluding carboxylic acids is 1. The van der Waals surface area contributed by atoms with Crippen molar-refractivity contribution >= 4 is 21.8 Å². The molecular weight excluding hydrogens is 356 g/mol. The number of nitrogens with one attached hydrogen (secondary N) is 1. The normalized spacial score (nSPS) is 14.4. The Balaban J connectivity index is 4.70. The first-order valence-electron chi connectivity index (χ1n) is 6.01. The van der Waals surface area contributed by atoms with Crippen LogP contribution in [0.1, 0.15) is 26.2 Å². The summed E-state index contributed by atoms with van der Waals surface area (Å²) in [7, 11) is 0. The molecule has 0 heterocycles. The highest BCUT2D eigenvalue weighted by atomic mass is 79.9. The molecule has 2 nitrogen and oxygen atoms in total. The van der Waals surface area contributed by atoms with E-state index >= 15 is 0 Å². The molecule has 0 aromatic rings. The first kappa shape index (κ1) is 19.5. The fraction of sp³-hybridized carbons (Fsp3) is 0.909. The first-order chi connectivity index (χ1) is 9.04. The van der Waals surface area contributed by atoms with E-state index in [4.69, 9.17) is 0 Å². The van der Waals surface area contributed by atoms with E-state index < -0.39 is 24.2 Å². The minimum absolute atomic E-state index is 0.148.